The lowest BCUT2D eigenvalue weighted by Gasteiger charge is -2.33. The van der Waals surface area contributed by atoms with Gasteiger partial charge in [-0.25, -0.2) is 14.2 Å². The number of hydrogen-bond acceptors (Lipinski definition) is 5. The van der Waals surface area contributed by atoms with Crippen molar-refractivity contribution in [3.8, 4) is 5.88 Å². The number of carbonyl (C=O) groups excluding carboxylic acids is 2. The van der Waals surface area contributed by atoms with Crippen LogP contribution in [0, 0.1) is 12.7 Å². The van der Waals surface area contributed by atoms with Crippen molar-refractivity contribution in [3.05, 3.63) is 48.2 Å². The maximum atomic E-state index is 14.0. The van der Waals surface area contributed by atoms with Crippen LogP contribution >= 0.6 is 0 Å². The molecule has 2 fully saturated rings. The van der Waals surface area contributed by atoms with Crippen LogP contribution in [-0.2, 0) is 4.79 Å². The van der Waals surface area contributed by atoms with Crippen LogP contribution < -0.4 is 9.64 Å². The van der Waals surface area contributed by atoms with Crippen LogP contribution in [0.2, 0.25) is 0 Å². The molecule has 8 nitrogen and oxygen atoms in total. The first kappa shape index (κ1) is 20.1. The molecule has 2 aliphatic heterocycles. The lowest BCUT2D eigenvalue weighted by molar-refractivity contribution is -0.134. The number of aromatic nitrogens is 2. The molecule has 4 rings (SSSR count). The molecule has 158 valence electrons. The Morgan fingerprint density at radius 2 is 2.07 bits per heavy atom. The van der Waals surface area contributed by atoms with Crippen molar-refractivity contribution in [1.82, 2.24) is 19.8 Å². The van der Waals surface area contributed by atoms with E-state index in [2.05, 4.69) is 9.97 Å². The largest absolute Gasteiger partial charge is 0.472 e. The van der Waals surface area contributed by atoms with Gasteiger partial charge in [-0.05, 0) is 31.9 Å². The van der Waals surface area contributed by atoms with Gasteiger partial charge in [0.2, 0.25) is 11.8 Å². The molecule has 1 unspecified atom stereocenters. The van der Waals surface area contributed by atoms with Crippen molar-refractivity contribution in [2.24, 2.45) is 0 Å². The summed E-state index contributed by atoms with van der Waals surface area (Å²) in [5, 5.41) is 0. The van der Waals surface area contributed by atoms with Crippen LogP contribution in [0.25, 0.3) is 0 Å². The SMILES string of the molecule is Cc1nccc(OC2CCCN(C(=O)CN3CCN(c4ccccc4F)C3=O)C2)n1. The molecule has 0 saturated carbocycles. The van der Waals surface area contributed by atoms with Gasteiger partial charge < -0.3 is 14.5 Å². The summed E-state index contributed by atoms with van der Waals surface area (Å²) in [6.07, 6.45) is 3.14. The minimum Gasteiger partial charge on any atom is -0.472 e. The highest BCUT2D eigenvalue weighted by Gasteiger charge is 2.34. The van der Waals surface area contributed by atoms with E-state index >= 15 is 0 Å². The topological polar surface area (TPSA) is 78.9 Å². The number of ether oxygens (including phenoxy) is 1. The van der Waals surface area contributed by atoms with Gasteiger partial charge in [-0.2, -0.15) is 4.98 Å². The number of urea groups is 1. The second-order valence-corrected chi connectivity index (χ2v) is 7.47. The quantitative estimate of drug-likeness (QED) is 0.751. The van der Waals surface area contributed by atoms with E-state index in [0.717, 1.165) is 12.8 Å². The fourth-order valence-electron chi connectivity index (χ4n) is 3.82. The number of rotatable bonds is 5. The van der Waals surface area contributed by atoms with Gasteiger partial charge in [0.15, 0.2) is 0 Å². The van der Waals surface area contributed by atoms with Crippen LogP contribution in [-0.4, -0.2) is 70.5 Å². The van der Waals surface area contributed by atoms with Crippen molar-refractivity contribution in [1.29, 1.82) is 0 Å². The Morgan fingerprint density at radius 3 is 2.87 bits per heavy atom. The summed E-state index contributed by atoms with van der Waals surface area (Å²) in [4.78, 5) is 38.4. The van der Waals surface area contributed by atoms with E-state index in [0.29, 0.717) is 37.9 Å². The number of amides is 3. The standard InChI is InChI=1S/C21H24FN5O3/c1-15-23-9-8-19(24-15)30-16-5-4-10-25(13-16)20(28)14-26-11-12-27(21(26)29)18-7-3-2-6-17(18)22/h2-3,6-9,16H,4-5,10-14H2,1H3. The molecule has 30 heavy (non-hydrogen) atoms. The average Bonchev–Trinajstić information content (AvgIpc) is 3.09. The molecule has 2 aliphatic rings. The molecule has 1 aromatic carbocycles. The maximum Gasteiger partial charge on any atom is 0.325 e. The highest BCUT2D eigenvalue weighted by molar-refractivity contribution is 5.96. The molecule has 2 aromatic rings. The van der Waals surface area contributed by atoms with Gasteiger partial charge in [0.1, 0.15) is 24.3 Å². The number of hydrogen-bond donors (Lipinski definition) is 0. The monoisotopic (exact) mass is 413 g/mol. The van der Waals surface area contributed by atoms with Gasteiger partial charge in [0, 0.05) is 31.9 Å². The van der Waals surface area contributed by atoms with Gasteiger partial charge in [-0.1, -0.05) is 12.1 Å². The number of anilines is 1. The van der Waals surface area contributed by atoms with Crippen LogP contribution in [0.15, 0.2) is 36.5 Å². The molecule has 9 heteroatoms. The smallest absolute Gasteiger partial charge is 0.325 e. The molecule has 3 amide bonds. The summed E-state index contributed by atoms with van der Waals surface area (Å²) in [7, 11) is 0. The first-order valence-corrected chi connectivity index (χ1v) is 10.1. The Bertz CT molecular complexity index is 940. The Labute approximate surface area is 174 Å². The molecule has 2 saturated heterocycles. The number of para-hydroxylation sites is 1. The van der Waals surface area contributed by atoms with Crippen molar-refractivity contribution < 1.29 is 18.7 Å². The molecule has 0 N–H and O–H groups in total. The zero-order valence-electron chi connectivity index (χ0n) is 16.8. The Balaban J connectivity index is 1.34. The van der Waals surface area contributed by atoms with E-state index < -0.39 is 5.82 Å². The predicted octanol–water partition coefficient (Wildman–Crippen LogP) is 2.24. The minimum atomic E-state index is -0.449. The highest BCUT2D eigenvalue weighted by atomic mass is 19.1. The number of piperidine rings is 1. The molecule has 0 radical (unpaired) electrons. The molecule has 0 bridgehead atoms. The second kappa shape index (κ2) is 8.64. The zero-order valence-corrected chi connectivity index (χ0v) is 16.8. The predicted molar refractivity (Wildman–Crippen MR) is 108 cm³/mol. The average molecular weight is 413 g/mol. The van der Waals surface area contributed by atoms with Crippen molar-refractivity contribution >= 4 is 17.6 Å². The molecule has 3 heterocycles. The highest BCUT2D eigenvalue weighted by Crippen LogP contribution is 2.24. The lowest BCUT2D eigenvalue weighted by Crippen LogP contribution is -2.48. The first-order valence-electron chi connectivity index (χ1n) is 10.1. The summed E-state index contributed by atoms with van der Waals surface area (Å²) < 4.78 is 20.0. The number of likely N-dealkylation sites (tertiary alicyclic amines) is 1. The zero-order chi connectivity index (χ0) is 21.1. The van der Waals surface area contributed by atoms with Crippen LogP contribution in [0.1, 0.15) is 18.7 Å². The van der Waals surface area contributed by atoms with Gasteiger partial charge >= 0.3 is 6.03 Å². The van der Waals surface area contributed by atoms with E-state index in [1.54, 1.807) is 42.3 Å². The third-order valence-electron chi connectivity index (χ3n) is 5.33. The molecule has 0 aliphatic carbocycles. The van der Waals surface area contributed by atoms with E-state index in [-0.39, 0.29) is 30.3 Å². The fourth-order valence-corrected chi connectivity index (χ4v) is 3.82. The van der Waals surface area contributed by atoms with Gasteiger partial charge in [0.05, 0.1) is 12.2 Å². The van der Waals surface area contributed by atoms with Crippen LogP contribution in [0.5, 0.6) is 5.88 Å². The number of benzene rings is 1. The normalized spacial score (nSPS) is 19.3. The molecule has 0 spiro atoms. The maximum absolute atomic E-state index is 14.0. The molecular weight excluding hydrogens is 389 g/mol. The van der Waals surface area contributed by atoms with E-state index in [1.807, 2.05) is 0 Å². The van der Waals surface area contributed by atoms with Crippen molar-refractivity contribution in [2.75, 3.05) is 37.6 Å². The minimum absolute atomic E-state index is 0.0247. The summed E-state index contributed by atoms with van der Waals surface area (Å²) in [6, 6.07) is 7.51. The first-order chi connectivity index (χ1) is 14.5. The van der Waals surface area contributed by atoms with Gasteiger partial charge in [0.25, 0.3) is 0 Å². The van der Waals surface area contributed by atoms with Crippen LogP contribution in [0.3, 0.4) is 0 Å². The number of aryl methyl sites for hydroxylation is 1. The third kappa shape index (κ3) is 4.34. The fraction of sp³-hybridized carbons (Fsp3) is 0.429. The van der Waals surface area contributed by atoms with Crippen molar-refractivity contribution in [2.45, 2.75) is 25.9 Å². The number of nitrogens with zero attached hydrogens (tertiary/aromatic N) is 5. The molecule has 1 aromatic heterocycles. The van der Waals surface area contributed by atoms with Gasteiger partial charge in [-0.15, -0.1) is 0 Å². The van der Waals surface area contributed by atoms with E-state index in [9.17, 15) is 14.0 Å². The Hall–Kier alpha value is -3.23. The molecule has 1 atom stereocenters. The summed E-state index contributed by atoms with van der Waals surface area (Å²) >= 11 is 0. The van der Waals surface area contributed by atoms with Crippen molar-refractivity contribution in [3.63, 3.8) is 0 Å². The van der Waals surface area contributed by atoms with Gasteiger partial charge in [-0.3, -0.25) is 9.69 Å². The third-order valence-corrected chi connectivity index (χ3v) is 5.33. The summed E-state index contributed by atoms with van der Waals surface area (Å²) in [5.74, 6) is 0.543. The number of carbonyl (C=O) groups is 2. The van der Waals surface area contributed by atoms with E-state index in [1.165, 1.54) is 15.9 Å². The Kier molecular flexibility index (Phi) is 5.78. The summed E-state index contributed by atoms with van der Waals surface area (Å²) in [5.41, 5.74) is 0.240. The van der Waals surface area contributed by atoms with Crippen LogP contribution in [0.4, 0.5) is 14.9 Å². The lowest BCUT2D eigenvalue weighted by atomic mass is 10.1. The molecular formula is C21H24FN5O3. The Morgan fingerprint density at radius 1 is 1.23 bits per heavy atom. The summed E-state index contributed by atoms with van der Waals surface area (Å²) in [6.45, 7) is 3.57. The second-order valence-electron chi connectivity index (χ2n) is 7.47. The number of halogens is 1. The van der Waals surface area contributed by atoms with E-state index in [4.69, 9.17) is 4.74 Å².